The minimum Gasteiger partial charge on any atom is -0.445 e. The van der Waals surface area contributed by atoms with Crippen molar-refractivity contribution in [3.8, 4) is 0 Å². The number of rotatable bonds is 2. The second-order valence-corrected chi connectivity index (χ2v) is 2.74. The molecule has 0 fully saturated rings. The highest BCUT2D eigenvalue weighted by Crippen LogP contribution is 2.09. The SMILES string of the molecule is CCOC(=[NH2+])c1ccc(Cl)cc1. The van der Waals surface area contributed by atoms with Crippen LogP contribution in [0.25, 0.3) is 0 Å². The maximum atomic E-state index is 5.70. The van der Waals surface area contributed by atoms with E-state index in [4.69, 9.17) is 21.7 Å². The summed E-state index contributed by atoms with van der Waals surface area (Å²) in [5, 5.41) is 6.30. The van der Waals surface area contributed by atoms with Gasteiger partial charge in [0, 0.05) is 5.02 Å². The molecule has 0 heterocycles. The third-order valence-electron chi connectivity index (χ3n) is 1.43. The number of nitrogens with two attached hydrogens (primary N) is 1. The van der Waals surface area contributed by atoms with Crippen LogP contribution in [0.1, 0.15) is 12.5 Å². The Kier molecular flexibility index (Phi) is 3.11. The second-order valence-electron chi connectivity index (χ2n) is 2.30. The number of halogens is 1. The molecule has 0 saturated heterocycles. The summed E-state index contributed by atoms with van der Waals surface area (Å²) in [4.78, 5) is 0. The molecule has 0 aliphatic heterocycles. The largest absolute Gasteiger partial charge is 0.445 e. The van der Waals surface area contributed by atoms with E-state index in [1.165, 1.54) is 0 Å². The monoisotopic (exact) mass is 184 g/mol. The lowest BCUT2D eigenvalue weighted by atomic mass is 10.2. The van der Waals surface area contributed by atoms with Crippen molar-refractivity contribution in [3.05, 3.63) is 34.9 Å². The Morgan fingerprint density at radius 2 is 2.00 bits per heavy atom. The lowest BCUT2D eigenvalue weighted by molar-refractivity contribution is -0.138. The zero-order chi connectivity index (χ0) is 8.97. The van der Waals surface area contributed by atoms with E-state index < -0.39 is 0 Å². The van der Waals surface area contributed by atoms with Gasteiger partial charge in [-0.25, -0.2) is 5.41 Å². The van der Waals surface area contributed by atoms with Crippen molar-refractivity contribution in [2.45, 2.75) is 6.92 Å². The first kappa shape index (κ1) is 9.07. The van der Waals surface area contributed by atoms with E-state index in [1.54, 1.807) is 12.1 Å². The van der Waals surface area contributed by atoms with Crippen LogP contribution in [0.3, 0.4) is 0 Å². The maximum absolute atomic E-state index is 5.70. The molecule has 2 N–H and O–H groups in total. The van der Waals surface area contributed by atoms with Crippen molar-refractivity contribution < 1.29 is 10.1 Å². The molecule has 2 nitrogen and oxygen atoms in total. The number of ether oxygens (including phenoxy) is 1. The third kappa shape index (κ3) is 2.24. The summed E-state index contributed by atoms with van der Waals surface area (Å²) in [6, 6.07) is 7.21. The number of hydrogen-bond donors (Lipinski definition) is 1. The first-order chi connectivity index (χ1) is 5.74. The lowest BCUT2D eigenvalue weighted by Crippen LogP contribution is -2.42. The minimum atomic E-state index is 0.439. The predicted molar refractivity (Wildman–Crippen MR) is 49.1 cm³/mol. The fraction of sp³-hybridized carbons (Fsp3) is 0.222. The van der Waals surface area contributed by atoms with Crippen molar-refractivity contribution >= 4 is 17.5 Å². The third-order valence-corrected chi connectivity index (χ3v) is 1.68. The van der Waals surface area contributed by atoms with Crippen LogP contribution in [0.4, 0.5) is 0 Å². The molecule has 0 saturated carbocycles. The molecule has 12 heavy (non-hydrogen) atoms. The highest BCUT2D eigenvalue weighted by atomic mass is 35.5. The van der Waals surface area contributed by atoms with Crippen LogP contribution in [0.2, 0.25) is 5.02 Å². The van der Waals surface area contributed by atoms with Crippen molar-refractivity contribution in [2.24, 2.45) is 0 Å². The Labute approximate surface area is 76.6 Å². The van der Waals surface area contributed by atoms with E-state index in [9.17, 15) is 0 Å². The van der Waals surface area contributed by atoms with Gasteiger partial charge in [0.05, 0.1) is 12.2 Å². The molecule has 0 spiro atoms. The minimum absolute atomic E-state index is 0.439. The molecule has 1 rings (SSSR count). The summed E-state index contributed by atoms with van der Waals surface area (Å²) < 4.78 is 5.12. The van der Waals surface area contributed by atoms with Gasteiger partial charge in [0.1, 0.15) is 0 Å². The van der Waals surface area contributed by atoms with Gasteiger partial charge in [0.25, 0.3) is 0 Å². The van der Waals surface area contributed by atoms with E-state index in [0.29, 0.717) is 17.5 Å². The van der Waals surface area contributed by atoms with E-state index >= 15 is 0 Å². The van der Waals surface area contributed by atoms with Crippen LogP contribution in [0.5, 0.6) is 0 Å². The molecule has 64 valence electrons. The number of benzene rings is 1. The summed E-state index contributed by atoms with van der Waals surface area (Å²) in [6.45, 7) is 2.47. The maximum Gasteiger partial charge on any atom is 0.366 e. The Bertz CT molecular complexity index is 268. The number of hydrogen-bond acceptors (Lipinski definition) is 1. The molecule has 0 atom stereocenters. The van der Waals surface area contributed by atoms with Crippen LogP contribution < -0.4 is 5.41 Å². The first-order valence-electron chi connectivity index (χ1n) is 3.75. The Morgan fingerprint density at radius 1 is 1.42 bits per heavy atom. The molecule has 0 bridgehead atoms. The topological polar surface area (TPSA) is 34.8 Å². The van der Waals surface area contributed by atoms with Crippen LogP contribution >= 0.6 is 11.6 Å². The quantitative estimate of drug-likeness (QED) is 0.538. The highest BCUT2D eigenvalue weighted by molar-refractivity contribution is 6.30. The van der Waals surface area contributed by atoms with Crippen molar-refractivity contribution in [3.63, 3.8) is 0 Å². The molecule has 0 radical (unpaired) electrons. The predicted octanol–water partition coefficient (Wildman–Crippen LogP) is 0.882. The van der Waals surface area contributed by atoms with Gasteiger partial charge >= 0.3 is 5.90 Å². The molecule has 0 amide bonds. The van der Waals surface area contributed by atoms with Gasteiger partial charge in [-0.3, -0.25) is 0 Å². The normalized spacial score (nSPS) is 9.50. The Hall–Kier alpha value is -1.02. The van der Waals surface area contributed by atoms with Crippen LogP contribution in [-0.2, 0) is 4.74 Å². The van der Waals surface area contributed by atoms with E-state index in [-0.39, 0.29) is 0 Å². The van der Waals surface area contributed by atoms with Crippen LogP contribution in [0, 0.1) is 0 Å². The standard InChI is InChI=1S/C9H10ClNO/c1-2-12-9(11)7-3-5-8(10)6-4-7/h3-6,11H,2H2,1H3/p+1. The molecule has 1 aromatic carbocycles. The average molecular weight is 185 g/mol. The van der Waals surface area contributed by atoms with Gasteiger partial charge in [0.15, 0.2) is 0 Å². The highest BCUT2D eigenvalue weighted by Gasteiger charge is 2.05. The second kappa shape index (κ2) is 4.12. The van der Waals surface area contributed by atoms with Crippen molar-refractivity contribution in [1.82, 2.24) is 0 Å². The smallest absolute Gasteiger partial charge is 0.366 e. The molecular weight excluding hydrogens is 174 g/mol. The van der Waals surface area contributed by atoms with Gasteiger partial charge in [-0.2, -0.15) is 0 Å². The molecule has 0 aliphatic rings. The summed E-state index contributed by atoms with van der Waals surface area (Å²) in [7, 11) is 0. The van der Waals surface area contributed by atoms with Crippen LogP contribution in [-0.4, -0.2) is 12.5 Å². The van der Waals surface area contributed by atoms with E-state index in [2.05, 4.69) is 0 Å². The average Bonchev–Trinajstić information content (AvgIpc) is 2.06. The zero-order valence-corrected chi connectivity index (χ0v) is 7.64. The fourth-order valence-electron chi connectivity index (χ4n) is 0.853. The van der Waals surface area contributed by atoms with E-state index in [0.717, 1.165) is 5.56 Å². The molecule has 0 unspecified atom stereocenters. The zero-order valence-electron chi connectivity index (χ0n) is 6.88. The molecule has 1 aromatic rings. The van der Waals surface area contributed by atoms with Crippen LogP contribution in [0.15, 0.2) is 24.3 Å². The molecule has 3 heteroatoms. The summed E-state index contributed by atoms with van der Waals surface area (Å²) in [5.74, 6) is 0.439. The Morgan fingerprint density at radius 3 is 2.50 bits per heavy atom. The van der Waals surface area contributed by atoms with Gasteiger partial charge in [-0.05, 0) is 31.2 Å². The fourth-order valence-corrected chi connectivity index (χ4v) is 0.979. The van der Waals surface area contributed by atoms with Crippen molar-refractivity contribution in [1.29, 1.82) is 0 Å². The van der Waals surface area contributed by atoms with Gasteiger partial charge in [0.2, 0.25) is 0 Å². The summed E-state index contributed by atoms with van der Waals surface area (Å²) >= 11 is 5.70. The lowest BCUT2D eigenvalue weighted by Gasteiger charge is -1.98. The van der Waals surface area contributed by atoms with E-state index in [1.807, 2.05) is 19.1 Å². The first-order valence-corrected chi connectivity index (χ1v) is 4.13. The summed E-state index contributed by atoms with van der Waals surface area (Å²) in [5.41, 5.74) is 0.862. The van der Waals surface area contributed by atoms with Crippen molar-refractivity contribution in [2.75, 3.05) is 6.61 Å². The molecular formula is C9H11ClNO+. The van der Waals surface area contributed by atoms with Gasteiger partial charge in [-0.15, -0.1) is 0 Å². The Balaban J connectivity index is 2.75. The summed E-state index contributed by atoms with van der Waals surface area (Å²) in [6.07, 6.45) is 0. The molecule has 0 aliphatic carbocycles. The van der Waals surface area contributed by atoms with Gasteiger partial charge in [-0.1, -0.05) is 11.6 Å². The molecule has 0 aromatic heterocycles. The van der Waals surface area contributed by atoms with Gasteiger partial charge < -0.3 is 4.74 Å².